The van der Waals surface area contributed by atoms with E-state index in [1.54, 1.807) is 17.1 Å². The van der Waals surface area contributed by atoms with Crippen LogP contribution in [0.3, 0.4) is 0 Å². The minimum atomic E-state index is -0.322. The van der Waals surface area contributed by atoms with Gasteiger partial charge in [-0.3, -0.25) is 4.57 Å². The number of aliphatic hydroxyl groups excluding tert-OH is 2. The SMILES string of the molecule is OCC1OC(n2cnc3cncnc32)C1CO. The van der Waals surface area contributed by atoms with Gasteiger partial charge in [0.15, 0.2) is 5.65 Å². The molecule has 3 rings (SSSR count). The number of aliphatic hydroxyl groups is 2. The van der Waals surface area contributed by atoms with E-state index in [4.69, 9.17) is 9.84 Å². The topological polar surface area (TPSA) is 93.3 Å². The van der Waals surface area contributed by atoms with E-state index in [9.17, 15) is 5.11 Å². The van der Waals surface area contributed by atoms with Crippen LogP contribution in [0, 0.1) is 5.92 Å². The number of hydrogen-bond acceptors (Lipinski definition) is 6. The summed E-state index contributed by atoms with van der Waals surface area (Å²) in [6, 6.07) is 0. The molecule has 0 amide bonds. The third kappa shape index (κ3) is 1.51. The predicted molar refractivity (Wildman–Crippen MR) is 56.9 cm³/mol. The first-order chi connectivity index (χ1) is 8.35. The largest absolute Gasteiger partial charge is 0.396 e. The fourth-order valence-electron chi connectivity index (χ4n) is 2.10. The fraction of sp³-hybridized carbons (Fsp3) is 0.500. The smallest absolute Gasteiger partial charge is 0.165 e. The van der Waals surface area contributed by atoms with Crippen molar-refractivity contribution >= 4 is 11.2 Å². The molecule has 2 N–H and O–H groups in total. The van der Waals surface area contributed by atoms with Gasteiger partial charge in [-0.05, 0) is 0 Å². The van der Waals surface area contributed by atoms with Gasteiger partial charge in [0.1, 0.15) is 18.1 Å². The quantitative estimate of drug-likeness (QED) is 0.733. The Labute approximate surface area is 96.7 Å². The molecule has 1 aliphatic rings. The molecule has 90 valence electrons. The number of aromatic nitrogens is 4. The zero-order valence-electron chi connectivity index (χ0n) is 8.97. The lowest BCUT2D eigenvalue weighted by molar-refractivity contribution is -0.243. The summed E-state index contributed by atoms with van der Waals surface area (Å²) in [6.07, 6.45) is 4.03. The number of fused-ring (bicyclic) bond motifs is 1. The van der Waals surface area contributed by atoms with Crippen LogP contribution in [0.5, 0.6) is 0 Å². The van der Waals surface area contributed by atoms with Crippen LogP contribution in [-0.2, 0) is 4.74 Å². The highest BCUT2D eigenvalue weighted by Crippen LogP contribution is 2.37. The highest BCUT2D eigenvalue weighted by atomic mass is 16.5. The lowest BCUT2D eigenvalue weighted by atomic mass is 9.95. The fourth-order valence-corrected chi connectivity index (χ4v) is 2.10. The third-order valence-corrected chi connectivity index (χ3v) is 3.06. The number of rotatable bonds is 3. The van der Waals surface area contributed by atoms with E-state index in [2.05, 4.69) is 15.0 Å². The first-order valence-corrected chi connectivity index (χ1v) is 5.35. The molecule has 0 saturated carbocycles. The van der Waals surface area contributed by atoms with Crippen LogP contribution in [0.1, 0.15) is 6.23 Å². The van der Waals surface area contributed by atoms with E-state index in [0.717, 1.165) is 0 Å². The molecule has 7 heteroatoms. The van der Waals surface area contributed by atoms with Crippen LogP contribution in [0.4, 0.5) is 0 Å². The molecule has 0 aromatic carbocycles. The average Bonchev–Trinajstić information content (AvgIpc) is 2.73. The van der Waals surface area contributed by atoms with E-state index < -0.39 is 0 Å². The summed E-state index contributed by atoms with van der Waals surface area (Å²) in [7, 11) is 0. The van der Waals surface area contributed by atoms with Gasteiger partial charge in [0, 0.05) is 0 Å². The van der Waals surface area contributed by atoms with Crippen molar-refractivity contribution in [1.82, 2.24) is 19.5 Å². The second kappa shape index (κ2) is 4.02. The summed E-state index contributed by atoms with van der Waals surface area (Å²) < 4.78 is 7.25. The molecule has 1 fully saturated rings. The second-order valence-corrected chi connectivity index (χ2v) is 3.98. The molecule has 0 radical (unpaired) electrons. The van der Waals surface area contributed by atoms with Crippen molar-refractivity contribution in [3.05, 3.63) is 18.9 Å². The Morgan fingerprint density at radius 3 is 2.94 bits per heavy atom. The van der Waals surface area contributed by atoms with Crippen molar-refractivity contribution in [3.8, 4) is 0 Å². The maximum absolute atomic E-state index is 9.27. The molecule has 1 aliphatic heterocycles. The minimum absolute atomic E-state index is 0.0410. The van der Waals surface area contributed by atoms with Gasteiger partial charge >= 0.3 is 0 Å². The Morgan fingerprint density at radius 1 is 1.29 bits per heavy atom. The van der Waals surface area contributed by atoms with Crippen LogP contribution in [0.15, 0.2) is 18.9 Å². The third-order valence-electron chi connectivity index (χ3n) is 3.06. The lowest BCUT2D eigenvalue weighted by Crippen LogP contribution is -2.49. The van der Waals surface area contributed by atoms with E-state index >= 15 is 0 Å². The van der Waals surface area contributed by atoms with Crippen LogP contribution in [0.25, 0.3) is 11.2 Å². The predicted octanol–water partition coefficient (Wildman–Crippen LogP) is -0.675. The molecule has 3 unspecified atom stereocenters. The maximum atomic E-state index is 9.27. The van der Waals surface area contributed by atoms with Gasteiger partial charge in [-0.25, -0.2) is 15.0 Å². The van der Waals surface area contributed by atoms with Crippen molar-refractivity contribution in [2.45, 2.75) is 12.3 Å². The Bertz CT molecular complexity index is 529. The van der Waals surface area contributed by atoms with Gasteiger partial charge in [-0.15, -0.1) is 0 Å². The number of hydrogen-bond donors (Lipinski definition) is 2. The molecule has 1 saturated heterocycles. The summed E-state index contributed by atoms with van der Waals surface area (Å²) in [6.45, 7) is -0.135. The highest BCUT2D eigenvalue weighted by Gasteiger charge is 2.43. The van der Waals surface area contributed by atoms with Crippen molar-refractivity contribution < 1.29 is 14.9 Å². The van der Waals surface area contributed by atoms with Gasteiger partial charge in [-0.1, -0.05) is 0 Å². The monoisotopic (exact) mass is 236 g/mol. The Hall–Kier alpha value is -1.57. The second-order valence-electron chi connectivity index (χ2n) is 3.98. The zero-order valence-corrected chi connectivity index (χ0v) is 8.97. The molecule has 0 spiro atoms. The van der Waals surface area contributed by atoms with Crippen molar-refractivity contribution in [2.75, 3.05) is 13.2 Å². The molecular formula is C10H12N4O3. The molecule has 0 bridgehead atoms. The van der Waals surface area contributed by atoms with Gasteiger partial charge in [0.25, 0.3) is 0 Å². The normalized spacial score (nSPS) is 28.2. The van der Waals surface area contributed by atoms with E-state index in [-0.39, 0.29) is 31.5 Å². The molecule has 7 nitrogen and oxygen atoms in total. The highest BCUT2D eigenvalue weighted by molar-refractivity contribution is 5.68. The van der Waals surface area contributed by atoms with Crippen molar-refractivity contribution in [1.29, 1.82) is 0 Å². The first kappa shape index (κ1) is 10.6. The molecule has 0 aliphatic carbocycles. The zero-order chi connectivity index (χ0) is 11.8. The number of nitrogens with zero attached hydrogens (tertiary/aromatic N) is 4. The van der Waals surface area contributed by atoms with Crippen LogP contribution < -0.4 is 0 Å². The lowest BCUT2D eigenvalue weighted by Gasteiger charge is -2.43. The number of imidazole rings is 1. The molecule has 3 atom stereocenters. The molecular weight excluding hydrogens is 224 g/mol. The van der Waals surface area contributed by atoms with Gasteiger partial charge in [-0.2, -0.15) is 0 Å². The standard InChI is InChI=1S/C10H12N4O3/c15-2-6-8(3-16)17-10(6)14-5-13-7-1-11-4-12-9(7)14/h1,4-6,8,10,15-16H,2-3H2. The van der Waals surface area contributed by atoms with Crippen molar-refractivity contribution in [2.24, 2.45) is 5.92 Å². The molecule has 2 aromatic heterocycles. The molecule has 17 heavy (non-hydrogen) atoms. The maximum Gasteiger partial charge on any atom is 0.165 e. The summed E-state index contributed by atoms with van der Waals surface area (Å²) in [5, 5.41) is 18.3. The Kier molecular flexibility index (Phi) is 2.50. The summed E-state index contributed by atoms with van der Waals surface area (Å²) in [5.41, 5.74) is 1.35. The average molecular weight is 236 g/mol. The summed E-state index contributed by atoms with van der Waals surface area (Å²) in [4.78, 5) is 12.2. The minimum Gasteiger partial charge on any atom is -0.396 e. The summed E-state index contributed by atoms with van der Waals surface area (Å²) in [5.74, 6) is -0.132. The van der Waals surface area contributed by atoms with Crippen LogP contribution in [0.2, 0.25) is 0 Å². The van der Waals surface area contributed by atoms with E-state index in [1.165, 1.54) is 6.33 Å². The van der Waals surface area contributed by atoms with Crippen LogP contribution >= 0.6 is 0 Å². The van der Waals surface area contributed by atoms with Crippen molar-refractivity contribution in [3.63, 3.8) is 0 Å². The van der Waals surface area contributed by atoms with Crippen LogP contribution in [-0.4, -0.2) is 49.0 Å². The van der Waals surface area contributed by atoms with E-state index in [0.29, 0.717) is 11.2 Å². The number of ether oxygens (including phenoxy) is 1. The van der Waals surface area contributed by atoms with Gasteiger partial charge in [0.2, 0.25) is 0 Å². The Morgan fingerprint density at radius 2 is 2.18 bits per heavy atom. The molecule has 2 aromatic rings. The Balaban J connectivity index is 1.95. The summed E-state index contributed by atoms with van der Waals surface area (Å²) >= 11 is 0. The van der Waals surface area contributed by atoms with Gasteiger partial charge in [0.05, 0.1) is 37.8 Å². The molecule has 3 heterocycles. The van der Waals surface area contributed by atoms with Gasteiger partial charge < -0.3 is 14.9 Å². The first-order valence-electron chi connectivity index (χ1n) is 5.35. The van der Waals surface area contributed by atoms with E-state index in [1.807, 2.05) is 0 Å².